The molecule has 80 valence electrons. The molecule has 1 N–H and O–H groups in total. The van der Waals surface area contributed by atoms with Gasteiger partial charge in [0.25, 0.3) is 5.69 Å². The highest BCUT2D eigenvalue weighted by atomic mass is 127. The van der Waals surface area contributed by atoms with E-state index in [2.05, 4.69) is 0 Å². The molecule has 1 aromatic carbocycles. The van der Waals surface area contributed by atoms with Gasteiger partial charge in [-0.25, -0.2) is 4.79 Å². The SMILES string of the molecule is CCc1c(C(=O)O)ccc(I)c1[N+](=O)[O-]. The number of halogens is 1. The van der Waals surface area contributed by atoms with E-state index in [1.807, 2.05) is 22.6 Å². The molecule has 0 radical (unpaired) electrons. The number of nitro groups is 1. The van der Waals surface area contributed by atoms with Crippen molar-refractivity contribution in [3.63, 3.8) is 0 Å². The Balaban J connectivity index is 3.54. The molecular weight excluding hydrogens is 313 g/mol. The summed E-state index contributed by atoms with van der Waals surface area (Å²) in [6, 6.07) is 2.84. The van der Waals surface area contributed by atoms with Crippen LogP contribution in [0.1, 0.15) is 22.8 Å². The number of nitro benzene ring substituents is 1. The third kappa shape index (κ3) is 2.25. The summed E-state index contributed by atoms with van der Waals surface area (Å²) < 4.78 is 0.458. The van der Waals surface area contributed by atoms with Gasteiger partial charge in [-0.05, 0) is 41.1 Å². The van der Waals surface area contributed by atoms with E-state index in [0.29, 0.717) is 9.99 Å². The van der Waals surface area contributed by atoms with E-state index >= 15 is 0 Å². The van der Waals surface area contributed by atoms with Crippen molar-refractivity contribution >= 4 is 34.2 Å². The number of carbonyl (C=O) groups is 1. The number of carboxylic acid groups (broad SMARTS) is 1. The molecule has 0 aliphatic carbocycles. The largest absolute Gasteiger partial charge is 0.478 e. The van der Waals surface area contributed by atoms with Crippen molar-refractivity contribution in [2.75, 3.05) is 0 Å². The van der Waals surface area contributed by atoms with Crippen LogP contribution in [-0.4, -0.2) is 16.0 Å². The molecule has 15 heavy (non-hydrogen) atoms. The van der Waals surface area contributed by atoms with E-state index in [1.54, 1.807) is 6.92 Å². The first-order valence-electron chi connectivity index (χ1n) is 4.18. The summed E-state index contributed by atoms with van der Waals surface area (Å²) >= 11 is 1.83. The van der Waals surface area contributed by atoms with Crippen molar-refractivity contribution in [3.8, 4) is 0 Å². The fraction of sp³-hybridized carbons (Fsp3) is 0.222. The fourth-order valence-corrected chi connectivity index (χ4v) is 2.07. The maximum Gasteiger partial charge on any atom is 0.336 e. The monoisotopic (exact) mass is 321 g/mol. The van der Waals surface area contributed by atoms with Crippen molar-refractivity contribution in [2.45, 2.75) is 13.3 Å². The van der Waals surface area contributed by atoms with Gasteiger partial charge in [0, 0.05) is 5.56 Å². The molecule has 0 saturated heterocycles. The van der Waals surface area contributed by atoms with Gasteiger partial charge in [-0.3, -0.25) is 10.1 Å². The predicted octanol–water partition coefficient (Wildman–Crippen LogP) is 2.46. The maximum atomic E-state index is 10.8. The molecule has 0 spiro atoms. The Labute approximate surface area is 99.4 Å². The van der Waals surface area contributed by atoms with E-state index in [4.69, 9.17) is 5.11 Å². The highest BCUT2D eigenvalue weighted by Crippen LogP contribution is 2.28. The Morgan fingerprint density at radius 2 is 2.20 bits per heavy atom. The van der Waals surface area contributed by atoms with E-state index in [0.717, 1.165) is 0 Å². The molecule has 0 amide bonds. The second-order valence-electron chi connectivity index (χ2n) is 2.84. The summed E-state index contributed by atoms with van der Waals surface area (Å²) in [6.45, 7) is 1.70. The van der Waals surface area contributed by atoms with Crippen LogP contribution in [0.15, 0.2) is 12.1 Å². The molecule has 5 nitrogen and oxygen atoms in total. The molecule has 1 aromatic rings. The molecule has 0 fully saturated rings. The molecule has 0 aliphatic rings. The quantitative estimate of drug-likeness (QED) is 0.527. The first-order valence-corrected chi connectivity index (χ1v) is 5.26. The van der Waals surface area contributed by atoms with Gasteiger partial charge in [-0.2, -0.15) is 0 Å². The summed E-state index contributed by atoms with van der Waals surface area (Å²) in [5, 5.41) is 19.7. The van der Waals surface area contributed by atoms with Crippen LogP contribution in [0.25, 0.3) is 0 Å². The highest BCUT2D eigenvalue weighted by molar-refractivity contribution is 14.1. The Morgan fingerprint density at radius 1 is 1.60 bits per heavy atom. The topological polar surface area (TPSA) is 80.4 Å². The number of nitrogens with zero attached hydrogens (tertiary/aromatic N) is 1. The lowest BCUT2D eigenvalue weighted by molar-refractivity contribution is -0.386. The van der Waals surface area contributed by atoms with E-state index < -0.39 is 10.9 Å². The predicted molar refractivity (Wildman–Crippen MR) is 62.2 cm³/mol. The molecule has 0 atom stereocenters. The van der Waals surface area contributed by atoms with E-state index in [9.17, 15) is 14.9 Å². The number of hydrogen-bond donors (Lipinski definition) is 1. The lowest BCUT2D eigenvalue weighted by atomic mass is 10.0. The minimum Gasteiger partial charge on any atom is -0.478 e. The second kappa shape index (κ2) is 4.56. The van der Waals surface area contributed by atoms with Crippen molar-refractivity contribution in [1.82, 2.24) is 0 Å². The molecule has 6 heteroatoms. The Kier molecular flexibility index (Phi) is 3.61. The average molecular weight is 321 g/mol. The number of aromatic carboxylic acids is 1. The minimum absolute atomic E-state index is 0.00427. The van der Waals surface area contributed by atoms with Gasteiger partial charge < -0.3 is 5.11 Å². The Bertz CT molecular complexity index is 430. The van der Waals surface area contributed by atoms with Crippen LogP contribution in [0.2, 0.25) is 0 Å². The normalized spacial score (nSPS) is 10.0. The summed E-state index contributed by atoms with van der Waals surface area (Å²) in [7, 11) is 0. The first-order chi connectivity index (χ1) is 6.99. The van der Waals surface area contributed by atoms with Crippen molar-refractivity contribution in [2.24, 2.45) is 0 Å². The van der Waals surface area contributed by atoms with Gasteiger partial charge in [0.05, 0.1) is 14.1 Å². The summed E-state index contributed by atoms with van der Waals surface area (Å²) in [6.07, 6.45) is 0.328. The molecule has 0 heterocycles. The fourth-order valence-electron chi connectivity index (χ4n) is 1.36. The highest BCUT2D eigenvalue weighted by Gasteiger charge is 2.23. The van der Waals surface area contributed by atoms with Crippen LogP contribution in [0.5, 0.6) is 0 Å². The number of benzene rings is 1. The van der Waals surface area contributed by atoms with Crippen molar-refractivity contribution < 1.29 is 14.8 Å². The smallest absolute Gasteiger partial charge is 0.336 e. The first kappa shape index (κ1) is 11.9. The van der Waals surface area contributed by atoms with Gasteiger partial charge in [-0.15, -0.1) is 0 Å². The molecule has 0 aromatic heterocycles. The van der Waals surface area contributed by atoms with Gasteiger partial charge >= 0.3 is 5.97 Å². The van der Waals surface area contributed by atoms with Gasteiger partial charge in [0.15, 0.2) is 0 Å². The lowest BCUT2D eigenvalue weighted by Crippen LogP contribution is -2.06. The number of hydrogen-bond acceptors (Lipinski definition) is 3. The minimum atomic E-state index is -1.13. The molecule has 0 bridgehead atoms. The Morgan fingerprint density at radius 3 is 2.60 bits per heavy atom. The zero-order valence-corrected chi connectivity index (χ0v) is 10.0. The Hall–Kier alpha value is -1.18. The van der Waals surface area contributed by atoms with Crippen molar-refractivity contribution in [3.05, 3.63) is 36.9 Å². The third-order valence-corrected chi connectivity index (χ3v) is 2.87. The van der Waals surface area contributed by atoms with Crippen LogP contribution < -0.4 is 0 Å². The number of carboxylic acids is 1. The standard InChI is InChI=1S/C9H8INO4/c1-2-5-6(9(12)13)3-4-7(10)8(5)11(14)15/h3-4H,2H2,1H3,(H,12,13). The van der Waals surface area contributed by atoms with Gasteiger partial charge in [0.2, 0.25) is 0 Å². The second-order valence-corrected chi connectivity index (χ2v) is 4.00. The van der Waals surface area contributed by atoms with Crippen molar-refractivity contribution in [1.29, 1.82) is 0 Å². The van der Waals surface area contributed by atoms with Crippen LogP contribution in [0.3, 0.4) is 0 Å². The lowest BCUT2D eigenvalue weighted by Gasteiger charge is -2.05. The molecule has 0 saturated carbocycles. The van der Waals surface area contributed by atoms with E-state index in [-0.39, 0.29) is 16.8 Å². The third-order valence-electron chi connectivity index (χ3n) is 2.00. The van der Waals surface area contributed by atoms with Crippen LogP contribution in [-0.2, 0) is 6.42 Å². The number of rotatable bonds is 3. The van der Waals surface area contributed by atoms with Gasteiger partial charge in [-0.1, -0.05) is 6.92 Å². The zero-order chi connectivity index (χ0) is 11.6. The molecule has 0 unspecified atom stereocenters. The van der Waals surface area contributed by atoms with E-state index in [1.165, 1.54) is 12.1 Å². The summed E-state index contributed by atoms with van der Waals surface area (Å²) in [4.78, 5) is 21.1. The summed E-state index contributed by atoms with van der Waals surface area (Å²) in [5.41, 5.74) is 0.182. The zero-order valence-electron chi connectivity index (χ0n) is 7.86. The van der Waals surface area contributed by atoms with Gasteiger partial charge in [0.1, 0.15) is 0 Å². The maximum absolute atomic E-state index is 10.8. The molecular formula is C9H8INO4. The molecule has 0 aliphatic heterocycles. The van der Waals surface area contributed by atoms with Crippen LogP contribution in [0.4, 0.5) is 5.69 Å². The average Bonchev–Trinajstić information content (AvgIpc) is 2.15. The summed E-state index contributed by atoms with van der Waals surface area (Å²) in [5.74, 6) is -1.13. The van der Waals surface area contributed by atoms with Crippen LogP contribution >= 0.6 is 22.6 Å². The molecule has 1 rings (SSSR count). The van der Waals surface area contributed by atoms with Crippen LogP contribution in [0, 0.1) is 13.7 Å².